The number of hydrogen-bond donors (Lipinski definition) is 0. The smallest absolute Gasteiger partial charge is 0.304 e. The number of ketones is 1. The van der Waals surface area contributed by atoms with Gasteiger partial charge in [0.2, 0.25) is 0 Å². The third kappa shape index (κ3) is 6.19. The minimum absolute atomic E-state index is 0.134. The van der Waals surface area contributed by atoms with Crippen molar-refractivity contribution >= 4 is 11.4 Å². The van der Waals surface area contributed by atoms with Crippen LogP contribution in [0.3, 0.4) is 0 Å². The highest BCUT2D eigenvalue weighted by Crippen LogP contribution is 2.34. The fourth-order valence-electron chi connectivity index (χ4n) is 4.65. The van der Waals surface area contributed by atoms with E-state index in [1.54, 1.807) is 47.2 Å². The van der Waals surface area contributed by atoms with E-state index in [1.807, 2.05) is 24.9 Å². The molecule has 200 valence electrons. The Labute approximate surface area is 225 Å². The molecule has 1 fully saturated rings. The molecule has 4 aromatic rings. The zero-order valence-electron chi connectivity index (χ0n) is 21.8. The maximum Gasteiger partial charge on any atom is 0.416 e. The quantitative estimate of drug-likeness (QED) is 0.278. The first-order chi connectivity index (χ1) is 18.7. The van der Waals surface area contributed by atoms with Crippen LogP contribution in [0.1, 0.15) is 43.9 Å². The molecule has 39 heavy (non-hydrogen) atoms. The average Bonchev–Trinajstić information content (AvgIpc) is 3.33. The first-order valence-electron chi connectivity index (χ1n) is 12.7. The number of imidazole rings is 1. The first kappa shape index (κ1) is 26.6. The molecule has 5 rings (SSSR count). The van der Waals surface area contributed by atoms with Gasteiger partial charge in [0.1, 0.15) is 5.69 Å². The predicted molar refractivity (Wildman–Crippen MR) is 142 cm³/mol. The van der Waals surface area contributed by atoms with Gasteiger partial charge in [-0.2, -0.15) is 18.3 Å². The van der Waals surface area contributed by atoms with Crippen LogP contribution in [0.15, 0.2) is 60.9 Å². The molecule has 1 aliphatic rings. The van der Waals surface area contributed by atoms with Crippen LogP contribution in [0, 0.1) is 18.8 Å². The number of aromatic nitrogens is 3. The van der Waals surface area contributed by atoms with Gasteiger partial charge in [-0.3, -0.25) is 9.69 Å². The van der Waals surface area contributed by atoms with E-state index in [1.165, 1.54) is 6.07 Å². The van der Waals surface area contributed by atoms with Gasteiger partial charge in [0.05, 0.1) is 11.8 Å². The topological polar surface area (TPSA) is 53.7 Å². The fourth-order valence-corrected chi connectivity index (χ4v) is 4.65. The molecule has 1 saturated heterocycles. The number of aryl methyl sites for hydroxylation is 1. The number of carbonyl (C=O) groups excluding carboxylic acids is 1. The molecule has 6 nitrogen and oxygen atoms in total. The van der Waals surface area contributed by atoms with Gasteiger partial charge in [-0.15, -0.1) is 0 Å². The number of carbonyl (C=O) groups is 1. The van der Waals surface area contributed by atoms with E-state index in [0.29, 0.717) is 28.0 Å². The molecule has 0 spiro atoms. The van der Waals surface area contributed by atoms with Gasteiger partial charge >= 0.3 is 6.18 Å². The number of Topliss-reactive ketones (excluding diaryl/α,β-unsaturated/α-hetero) is 1. The molecular weight excluding hydrogens is 503 g/mol. The number of halogens is 3. The summed E-state index contributed by atoms with van der Waals surface area (Å²) in [5.74, 6) is 5.87. The molecule has 3 heterocycles. The van der Waals surface area contributed by atoms with Gasteiger partial charge in [-0.25, -0.2) is 9.50 Å². The molecular formula is C30H28F3N5O. The van der Waals surface area contributed by atoms with Crippen molar-refractivity contribution in [3.8, 4) is 11.8 Å². The van der Waals surface area contributed by atoms with Crippen LogP contribution in [0.25, 0.3) is 5.65 Å². The van der Waals surface area contributed by atoms with Crippen LogP contribution in [-0.2, 0) is 19.1 Å². The van der Waals surface area contributed by atoms with Crippen molar-refractivity contribution in [1.82, 2.24) is 24.4 Å². The second-order valence-electron chi connectivity index (χ2n) is 9.89. The average molecular weight is 532 g/mol. The van der Waals surface area contributed by atoms with E-state index in [9.17, 15) is 18.0 Å². The Morgan fingerprint density at radius 3 is 2.59 bits per heavy atom. The maximum atomic E-state index is 14.0. The molecule has 0 N–H and O–H groups in total. The molecule has 0 radical (unpaired) electrons. The Bertz CT molecular complexity index is 1570. The Balaban J connectivity index is 1.35. The van der Waals surface area contributed by atoms with Crippen LogP contribution in [0.4, 0.5) is 13.2 Å². The van der Waals surface area contributed by atoms with Crippen LogP contribution >= 0.6 is 0 Å². The summed E-state index contributed by atoms with van der Waals surface area (Å²) in [6, 6.07) is 13.0. The Morgan fingerprint density at radius 1 is 1.03 bits per heavy atom. The van der Waals surface area contributed by atoms with Gasteiger partial charge in [0.15, 0.2) is 11.4 Å². The lowest BCUT2D eigenvalue weighted by molar-refractivity contribution is -0.138. The SMILES string of the molecule is Cc1ccc(C(=O)Cc2ccc(CN3CCN(C)CC3)c(C(F)(F)F)c2)cc1C#Cc1cnc2cccnn12. The van der Waals surface area contributed by atoms with Crippen molar-refractivity contribution in [2.45, 2.75) is 26.1 Å². The van der Waals surface area contributed by atoms with E-state index in [2.05, 4.69) is 26.8 Å². The van der Waals surface area contributed by atoms with Crippen LogP contribution in [-0.4, -0.2) is 63.4 Å². The van der Waals surface area contributed by atoms with Crippen molar-refractivity contribution in [3.63, 3.8) is 0 Å². The minimum atomic E-state index is -4.50. The van der Waals surface area contributed by atoms with Crippen molar-refractivity contribution in [1.29, 1.82) is 0 Å². The molecule has 1 aliphatic heterocycles. The lowest BCUT2D eigenvalue weighted by Crippen LogP contribution is -2.44. The molecule has 9 heteroatoms. The molecule has 0 atom stereocenters. The molecule has 2 aromatic carbocycles. The molecule has 2 aromatic heterocycles. The van der Waals surface area contributed by atoms with E-state index in [0.717, 1.165) is 37.8 Å². The summed E-state index contributed by atoms with van der Waals surface area (Å²) in [7, 11) is 2.01. The van der Waals surface area contributed by atoms with Gasteiger partial charge in [0, 0.05) is 56.5 Å². The summed E-state index contributed by atoms with van der Waals surface area (Å²) >= 11 is 0. The third-order valence-electron chi connectivity index (χ3n) is 7.00. The lowest BCUT2D eigenvalue weighted by Gasteiger charge is -2.33. The summed E-state index contributed by atoms with van der Waals surface area (Å²) in [6.45, 7) is 5.22. The van der Waals surface area contributed by atoms with Gasteiger partial charge in [-0.05, 0) is 60.8 Å². The van der Waals surface area contributed by atoms with E-state index in [4.69, 9.17) is 0 Å². The number of alkyl halides is 3. The zero-order valence-corrected chi connectivity index (χ0v) is 21.8. The maximum absolute atomic E-state index is 14.0. The zero-order chi connectivity index (χ0) is 27.6. The normalized spacial score (nSPS) is 14.8. The fraction of sp³-hybridized carbons (Fsp3) is 0.300. The number of benzene rings is 2. The number of likely N-dealkylation sites (N-methyl/N-ethyl adjacent to an activating group) is 1. The molecule has 0 saturated carbocycles. The van der Waals surface area contributed by atoms with Crippen molar-refractivity contribution in [3.05, 3.63) is 100.0 Å². The van der Waals surface area contributed by atoms with Gasteiger partial charge in [-0.1, -0.05) is 30.2 Å². The Hall–Kier alpha value is -4.00. The second-order valence-corrected chi connectivity index (χ2v) is 9.89. The summed E-state index contributed by atoms with van der Waals surface area (Å²) in [4.78, 5) is 21.6. The number of piperazine rings is 1. The summed E-state index contributed by atoms with van der Waals surface area (Å²) < 4.78 is 43.5. The predicted octanol–water partition coefficient (Wildman–Crippen LogP) is 4.63. The summed E-state index contributed by atoms with van der Waals surface area (Å²) in [6.07, 6.45) is -1.36. The third-order valence-corrected chi connectivity index (χ3v) is 7.00. The number of fused-ring (bicyclic) bond motifs is 1. The largest absolute Gasteiger partial charge is 0.416 e. The standard InChI is InChI=1S/C30H28F3N5O/c1-21-5-7-24(18-23(21)9-10-26-19-34-29-4-3-11-35-38(26)29)28(39)17-22-6-8-25(27(16-22)30(31,32)33)20-37-14-12-36(2)13-15-37/h3-8,11,16,18-19H,12-15,17,20H2,1-2H3. The van der Waals surface area contributed by atoms with Crippen molar-refractivity contribution in [2.75, 3.05) is 33.2 Å². The highest BCUT2D eigenvalue weighted by Gasteiger charge is 2.34. The van der Waals surface area contributed by atoms with Crippen LogP contribution < -0.4 is 0 Å². The highest BCUT2D eigenvalue weighted by atomic mass is 19.4. The molecule has 0 aliphatic carbocycles. The monoisotopic (exact) mass is 531 g/mol. The van der Waals surface area contributed by atoms with E-state index in [-0.39, 0.29) is 24.3 Å². The highest BCUT2D eigenvalue weighted by molar-refractivity contribution is 5.98. The summed E-state index contributed by atoms with van der Waals surface area (Å²) in [5, 5.41) is 4.25. The van der Waals surface area contributed by atoms with Gasteiger partial charge in [0.25, 0.3) is 0 Å². The Kier molecular flexibility index (Phi) is 7.51. The molecule has 0 unspecified atom stereocenters. The summed E-state index contributed by atoms with van der Waals surface area (Å²) in [5.41, 5.74) is 3.12. The Morgan fingerprint density at radius 2 is 1.82 bits per heavy atom. The van der Waals surface area contributed by atoms with Gasteiger partial charge < -0.3 is 4.90 Å². The van der Waals surface area contributed by atoms with E-state index >= 15 is 0 Å². The number of hydrogen-bond acceptors (Lipinski definition) is 5. The molecule has 0 amide bonds. The lowest BCUT2D eigenvalue weighted by atomic mass is 9.96. The number of rotatable bonds is 5. The van der Waals surface area contributed by atoms with E-state index < -0.39 is 11.7 Å². The molecule has 0 bridgehead atoms. The van der Waals surface area contributed by atoms with Crippen LogP contribution in [0.5, 0.6) is 0 Å². The van der Waals surface area contributed by atoms with Crippen LogP contribution in [0.2, 0.25) is 0 Å². The van der Waals surface area contributed by atoms with Crippen molar-refractivity contribution < 1.29 is 18.0 Å². The number of nitrogens with zero attached hydrogens (tertiary/aromatic N) is 5. The van der Waals surface area contributed by atoms with Crippen molar-refractivity contribution in [2.24, 2.45) is 0 Å². The second kappa shape index (κ2) is 11.0. The first-order valence-corrected chi connectivity index (χ1v) is 12.7. The minimum Gasteiger partial charge on any atom is -0.304 e.